The molecule has 0 aliphatic heterocycles. The minimum atomic E-state index is -0.0806. The first-order valence-corrected chi connectivity index (χ1v) is 7.06. The second-order valence-electron chi connectivity index (χ2n) is 4.92. The van der Waals surface area contributed by atoms with Crippen molar-refractivity contribution >= 4 is 11.7 Å². The van der Waals surface area contributed by atoms with Gasteiger partial charge in [-0.05, 0) is 42.7 Å². The lowest BCUT2D eigenvalue weighted by molar-refractivity contribution is -0.116. The zero-order chi connectivity index (χ0) is 15.9. The Hall–Kier alpha value is -2.56. The Morgan fingerprint density at radius 1 is 1.23 bits per heavy atom. The summed E-state index contributed by atoms with van der Waals surface area (Å²) < 4.78 is 10.6. The van der Waals surface area contributed by atoms with E-state index in [2.05, 4.69) is 10.3 Å². The molecule has 0 saturated carbocycles. The number of benzene rings is 1. The van der Waals surface area contributed by atoms with Crippen molar-refractivity contribution in [2.24, 2.45) is 0 Å². The molecule has 2 aromatic rings. The van der Waals surface area contributed by atoms with Crippen LogP contribution in [0.2, 0.25) is 0 Å². The number of aromatic nitrogens is 1. The fourth-order valence-corrected chi connectivity index (χ4v) is 2.21. The van der Waals surface area contributed by atoms with Crippen molar-refractivity contribution in [3.8, 4) is 11.5 Å². The van der Waals surface area contributed by atoms with E-state index in [1.807, 2.05) is 37.3 Å². The molecule has 0 unspecified atom stereocenters. The van der Waals surface area contributed by atoms with Crippen LogP contribution in [-0.2, 0) is 11.2 Å². The molecule has 1 amide bonds. The van der Waals surface area contributed by atoms with Crippen molar-refractivity contribution in [3.05, 3.63) is 47.7 Å². The van der Waals surface area contributed by atoms with E-state index >= 15 is 0 Å². The smallest absolute Gasteiger partial charge is 0.225 e. The molecule has 0 spiro atoms. The third-order valence-corrected chi connectivity index (χ3v) is 3.29. The van der Waals surface area contributed by atoms with E-state index in [0.717, 1.165) is 11.1 Å². The lowest BCUT2D eigenvalue weighted by Gasteiger charge is -2.12. The van der Waals surface area contributed by atoms with E-state index in [4.69, 9.17) is 9.47 Å². The number of ether oxygens (including phenoxy) is 2. The monoisotopic (exact) mass is 300 g/mol. The Kier molecular flexibility index (Phi) is 5.36. The fraction of sp³-hybridized carbons (Fsp3) is 0.294. The third-order valence-electron chi connectivity index (χ3n) is 3.29. The second-order valence-corrected chi connectivity index (χ2v) is 4.92. The molecular weight excluding hydrogens is 280 g/mol. The van der Waals surface area contributed by atoms with Gasteiger partial charge in [-0.1, -0.05) is 12.1 Å². The fourth-order valence-electron chi connectivity index (χ4n) is 2.21. The largest absolute Gasteiger partial charge is 0.493 e. The summed E-state index contributed by atoms with van der Waals surface area (Å²) in [5.41, 5.74) is 1.99. The summed E-state index contributed by atoms with van der Waals surface area (Å²) in [4.78, 5) is 16.1. The van der Waals surface area contributed by atoms with Gasteiger partial charge >= 0.3 is 0 Å². The molecule has 0 saturated heterocycles. The molecule has 1 N–H and O–H groups in total. The number of aryl methyl sites for hydroxylation is 2. The third kappa shape index (κ3) is 3.97. The normalized spacial score (nSPS) is 10.1. The number of methoxy groups -OCH3 is 2. The second kappa shape index (κ2) is 7.45. The number of carbonyl (C=O) groups excluding carboxylic acids is 1. The van der Waals surface area contributed by atoms with Crippen LogP contribution < -0.4 is 14.8 Å². The van der Waals surface area contributed by atoms with Gasteiger partial charge in [-0.2, -0.15) is 0 Å². The van der Waals surface area contributed by atoms with Gasteiger partial charge in [0.15, 0.2) is 11.5 Å². The number of carbonyl (C=O) groups is 1. The van der Waals surface area contributed by atoms with Gasteiger partial charge in [0, 0.05) is 12.6 Å². The van der Waals surface area contributed by atoms with Crippen molar-refractivity contribution in [1.82, 2.24) is 4.98 Å². The molecule has 1 aromatic heterocycles. The molecule has 1 heterocycles. The van der Waals surface area contributed by atoms with E-state index in [-0.39, 0.29) is 5.91 Å². The first-order chi connectivity index (χ1) is 10.6. The van der Waals surface area contributed by atoms with Gasteiger partial charge in [-0.25, -0.2) is 4.98 Å². The van der Waals surface area contributed by atoms with Gasteiger partial charge in [0.25, 0.3) is 0 Å². The lowest BCUT2D eigenvalue weighted by atomic mass is 10.1. The molecule has 0 bridgehead atoms. The van der Waals surface area contributed by atoms with Gasteiger partial charge in [0.1, 0.15) is 5.82 Å². The summed E-state index contributed by atoms with van der Waals surface area (Å²) in [6, 6.07) is 9.37. The Bertz CT molecular complexity index is 656. The lowest BCUT2D eigenvalue weighted by Crippen LogP contribution is -2.13. The highest BCUT2D eigenvalue weighted by molar-refractivity contribution is 5.90. The SMILES string of the molecule is COc1cccc(CCC(=O)Nc2cc(C)ccn2)c1OC. The molecule has 1 aromatic carbocycles. The van der Waals surface area contributed by atoms with Crippen LogP contribution in [0.1, 0.15) is 17.5 Å². The quantitative estimate of drug-likeness (QED) is 0.891. The van der Waals surface area contributed by atoms with Gasteiger partial charge in [0.2, 0.25) is 5.91 Å². The predicted molar refractivity (Wildman–Crippen MR) is 85.5 cm³/mol. The van der Waals surface area contributed by atoms with Crippen molar-refractivity contribution in [3.63, 3.8) is 0 Å². The highest BCUT2D eigenvalue weighted by Crippen LogP contribution is 2.31. The van der Waals surface area contributed by atoms with Crippen LogP contribution in [0, 0.1) is 6.92 Å². The number of para-hydroxylation sites is 1. The molecular formula is C17H20N2O3. The van der Waals surface area contributed by atoms with E-state index in [9.17, 15) is 4.79 Å². The maximum atomic E-state index is 12.0. The molecule has 0 aliphatic carbocycles. The number of pyridine rings is 1. The zero-order valence-corrected chi connectivity index (χ0v) is 13.1. The summed E-state index contributed by atoms with van der Waals surface area (Å²) >= 11 is 0. The first-order valence-electron chi connectivity index (χ1n) is 7.06. The van der Waals surface area contributed by atoms with Crippen LogP contribution in [0.5, 0.6) is 11.5 Å². The van der Waals surface area contributed by atoms with E-state index in [1.165, 1.54) is 0 Å². The van der Waals surface area contributed by atoms with Gasteiger partial charge in [-0.3, -0.25) is 4.79 Å². The van der Waals surface area contributed by atoms with Crippen molar-refractivity contribution in [2.75, 3.05) is 19.5 Å². The van der Waals surface area contributed by atoms with Crippen LogP contribution in [0.4, 0.5) is 5.82 Å². The van der Waals surface area contributed by atoms with Crippen molar-refractivity contribution < 1.29 is 14.3 Å². The van der Waals surface area contributed by atoms with Crippen LogP contribution in [0.3, 0.4) is 0 Å². The van der Waals surface area contributed by atoms with E-state index < -0.39 is 0 Å². The average Bonchev–Trinajstić information content (AvgIpc) is 2.52. The molecule has 22 heavy (non-hydrogen) atoms. The number of hydrogen-bond donors (Lipinski definition) is 1. The first kappa shape index (κ1) is 15.8. The number of anilines is 1. The number of nitrogens with zero attached hydrogens (tertiary/aromatic N) is 1. The molecule has 5 heteroatoms. The Morgan fingerprint density at radius 3 is 2.73 bits per heavy atom. The minimum absolute atomic E-state index is 0.0806. The maximum Gasteiger partial charge on any atom is 0.225 e. The molecule has 116 valence electrons. The van der Waals surface area contributed by atoms with Crippen LogP contribution in [0.25, 0.3) is 0 Å². The topological polar surface area (TPSA) is 60.5 Å². The molecule has 0 aliphatic rings. The number of rotatable bonds is 6. The average molecular weight is 300 g/mol. The summed E-state index contributed by atoms with van der Waals surface area (Å²) in [5, 5.41) is 2.80. The van der Waals surface area contributed by atoms with Gasteiger partial charge in [0.05, 0.1) is 14.2 Å². The molecule has 5 nitrogen and oxygen atoms in total. The van der Waals surface area contributed by atoms with Crippen LogP contribution in [-0.4, -0.2) is 25.1 Å². The standard InChI is InChI=1S/C17H20N2O3/c1-12-9-10-18-15(11-12)19-16(20)8-7-13-5-4-6-14(21-2)17(13)22-3/h4-6,9-11H,7-8H2,1-3H3,(H,18,19,20). The summed E-state index contributed by atoms with van der Waals surface area (Å²) in [6.07, 6.45) is 2.59. The maximum absolute atomic E-state index is 12.0. The van der Waals surface area contributed by atoms with Gasteiger partial charge < -0.3 is 14.8 Å². The predicted octanol–water partition coefficient (Wildman–Crippen LogP) is 2.98. The zero-order valence-electron chi connectivity index (χ0n) is 13.1. The molecule has 0 radical (unpaired) electrons. The van der Waals surface area contributed by atoms with E-state index in [0.29, 0.717) is 30.2 Å². The summed E-state index contributed by atoms with van der Waals surface area (Å²) in [7, 11) is 3.19. The number of nitrogens with one attached hydrogen (secondary N) is 1. The Labute approximate surface area is 130 Å². The van der Waals surface area contributed by atoms with Crippen molar-refractivity contribution in [2.45, 2.75) is 19.8 Å². The van der Waals surface area contributed by atoms with Gasteiger partial charge in [-0.15, -0.1) is 0 Å². The minimum Gasteiger partial charge on any atom is -0.493 e. The molecule has 0 fully saturated rings. The number of amides is 1. The van der Waals surface area contributed by atoms with Crippen molar-refractivity contribution in [1.29, 1.82) is 0 Å². The van der Waals surface area contributed by atoms with Crippen LogP contribution in [0.15, 0.2) is 36.5 Å². The molecule has 0 atom stereocenters. The highest BCUT2D eigenvalue weighted by Gasteiger charge is 2.11. The summed E-state index contributed by atoms with van der Waals surface area (Å²) in [5.74, 6) is 1.83. The number of hydrogen-bond acceptors (Lipinski definition) is 4. The van der Waals surface area contributed by atoms with Crippen LogP contribution >= 0.6 is 0 Å². The summed E-state index contributed by atoms with van der Waals surface area (Å²) in [6.45, 7) is 1.96. The highest BCUT2D eigenvalue weighted by atomic mass is 16.5. The van der Waals surface area contributed by atoms with E-state index in [1.54, 1.807) is 20.4 Å². The Balaban J connectivity index is 1.99. The molecule has 2 rings (SSSR count). The Morgan fingerprint density at radius 2 is 2.05 bits per heavy atom.